The zero-order valence-corrected chi connectivity index (χ0v) is 30.4. The van der Waals surface area contributed by atoms with Crippen LogP contribution in [0.2, 0.25) is 0 Å². The molecule has 1 saturated carbocycles. The number of fused-ring (bicyclic) bond motifs is 1. The number of halogens is 3. The molecular weight excluding hydrogens is 724 g/mol. The Morgan fingerprint density at radius 1 is 0.981 bits per heavy atom. The predicted octanol–water partition coefficient (Wildman–Crippen LogP) is 4.75. The largest absolute Gasteiger partial charge is 0.754 e. The molecule has 8 rings (SSSR count). The van der Waals surface area contributed by atoms with Gasteiger partial charge in [0.25, 0.3) is 0 Å². The van der Waals surface area contributed by atoms with Crippen LogP contribution in [0, 0.1) is 17.6 Å². The van der Waals surface area contributed by atoms with Gasteiger partial charge in [-0.15, -0.1) is 0 Å². The molecule has 1 aliphatic carbocycles. The fourth-order valence-electron chi connectivity index (χ4n) is 8.32. The number of aliphatic carboxylic acids is 1. The highest BCUT2D eigenvalue weighted by Crippen LogP contribution is 2.42. The van der Waals surface area contributed by atoms with E-state index in [0.717, 1.165) is 99.9 Å². The number of piperazine rings is 1. The van der Waals surface area contributed by atoms with E-state index in [9.17, 15) is 27.8 Å². The second-order valence-corrected chi connectivity index (χ2v) is 15.6. The maximum absolute atomic E-state index is 15.9. The van der Waals surface area contributed by atoms with Crippen molar-refractivity contribution in [1.82, 2.24) is 24.8 Å². The van der Waals surface area contributed by atoms with E-state index in [-0.39, 0.29) is 25.1 Å². The van der Waals surface area contributed by atoms with Crippen molar-refractivity contribution in [3.8, 4) is 11.1 Å². The van der Waals surface area contributed by atoms with Crippen molar-refractivity contribution in [3.05, 3.63) is 77.6 Å². The summed E-state index contributed by atoms with van der Waals surface area (Å²) in [5.74, 6) is -3.62. The van der Waals surface area contributed by atoms with Crippen molar-refractivity contribution >= 4 is 45.4 Å². The number of hydrogen-bond donors (Lipinski definition) is 2. The Hall–Kier alpha value is -4.35. The minimum atomic E-state index is -3.06. The lowest BCUT2D eigenvalue weighted by atomic mass is 9.95. The zero-order chi connectivity index (χ0) is 37.7. The predicted molar refractivity (Wildman–Crippen MR) is 196 cm³/mol. The summed E-state index contributed by atoms with van der Waals surface area (Å²) in [4.78, 5) is 39.8. The highest BCUT2D eigenvalue weighted by atomic mass is 32.2. The van der Waals surface area contributed by atoms with E-state index in [1.54, 1.807) is 12.3 Å². The van der Waals surface area contributed by atoms with Crippen molar-refractivity contribution in [2.75, 3.05) is 68.2 Å². The number of carbonyl (C=O) groups is 2. The maximum atomic E-state index is 15.9. The SMILES string of the molecule is O=C(c1c(F)ccc(N(N2CC[C@@H](F)C2)S(=O)[O-])c1F)c1c[nH]c2ncc(-c3ccc(N4CCC(CN5CCN(C6(C(=O)O)CC6)CC5)CC4)cc3)cc12. The van der Waals surface area contributed by atoms with Crippen molar-refractivity contribution in [3.63, 3.8) is 0 Å². The summed E-state index contributed by atoms with van der Waals surface area (Å²) in [6.45, 7) is 6.03. The fraction of sp³-hybridized carbons (Fsp3) is 0.447. The van der Waals surface area contributed by atoms with Gasteiger partial charge in [-0.05, 0) is 73.9 Å². The first-order chi connectivity index (χ1) is 26.0. The second-order valence-electron chi connectivity index (χ2n) is 14.8. The molecule has 4 aliphatic rings. The van der Waals surface area contributed by atoms with Gasteiger partial charge in [0.15, 0.2) is 5.82 Å². The Bertz CT molecular complexity index is 2080. The number of piperidine rings is 1. The van der Waals surface area contributed by atoms with E-state index in [4.69, 9.17) is 0 Å². The number of hydrogen-bond acceptors (Lipinski definition) is 9. The number of aromatic nitrogens is 2. The van der Waals surface area contributed by atoms with E-state index in [2.05, 4.69) is 24.7 Å². The Kier molecular flexibility index (Phi) is 9.98. The summed E-state index contributed by atoms with van der Waals surface area (Å²) in [5.41, 5.74) is 0.796. The molecule has 2 atom stereocenters. The summed E-state index contributed by atoms with van der Waals surface area (Å²) >= 11 is -3.06. The molecule has 3 saturated heterocycles. The number of pyridine rings is 1. The monoisotopic (exact) mass is 764 g/mol. The summed E-state index contributed by atoms with van der Waals surface area (Å²) in [5, 5.41) is 11.1. The van der Waals surface area contributed by atoms with Gasteiger partial charge in [-0.2, -0.15) is 0 Å². The van der Waals surface area contributed by atoms with Gasteiger partial charge in [-0.25, -0.2) is 27.6 Å². The van der Waals surface area contributed by atoms with Gasteiger partial charge in [-0.1, -0.05) is 12.1 Å². The number of nitrogens with one attached hydrogen (secondary N) is 1. The Morgan fingerprint density at radius 3 is 2.33 bits per heavy atom. The van der Waals surface area contributed by atoms with E-state index < -0.39 is 57.6 Å². The number of hydrazine groups is 1. The third-order valence-electron chi connectivity index (χ3n) is 11.6. The van der Waals surface area contributed by atoms with Crippen molar-refractivity contribution in [2.45, 2.75) is 43.8 Å². The van der Waals surface area contributed by atoms with E-state index in [1.807, 2.05) is 24.3 Å². The van der Waals surface area contributed by atoms with Gasteiger partial charge in [0.1, 0.15) is 28.9 Å². The molecule has 5 heterocycles. The minimum Gasteiger partial charge on any atom is -0.754 e. The number of carboxylic acids is 1. The topological polar surface area (TPSA) is 139 Å². The van der Waals surface area contributed by atoms with E-state index in [1.165, 1.54) is 6.20 Å². The van der Waals surface area contributed by atoms with Gasteiger partial charge < -0.3 is 24.4 Å². The molecule has 2 N–H and O–H groups in total. The molecule has 0 bridgehead atoms. The van der Waals surface area contributed by atoms with Crippen LogP contribution in [0.1, 0.15) is 48.0 Å². The number of anilines is 2. The molecule has 2 aromatic heterocycles. The van der Waals surface area contributed by atoms with Crippen LogP contribution >= 0.6 is 0 Å². The van der Waals surface area contributed by atoms with E-state index in [0.29, 0.717) is 26.9 Å². The Morgan fingerprint density at radius 2 is 1.70 bits per heavy atom. The number of ketones is 1. The number of nitrogens with zero attached hydrogens (tertiary/aromatic N) is 6. The molecular formula is C38H41F3N7O5S-. The molecule has 2 aromatic carbocycles. The average molecular weight is 765 g/mol. The van der Waals surface area contributed by atoms with Crippen molar-refractivity contribution < 1.29 is 36.6 Å². The molecule has 4 aromatic rings. The van der Waals surface area contributed by atoms with Crippen LogP contribution in [-0.2, 0) is 16.1 Å². The van der Waals surface area contributed by atoms with Crippen LogP contribution < -0.4 is 9.31 Å². The molecule has 1 unspecified atom stereocenters. The maximum Gasteiger partial charge on any atom is 0.324 e. The second kappa shape index (κ2) is 14.7. The average Bonchev–Trinajstić information content (AvgIpc) is 3.71. The highest BCUT2D eigenvalue weighted by molar-refractivity contribution is 7.80. The molecule has 0 amide bonds. The summed E-state index contributed by atoms with van der Waals surface area (Å²) < 4.78 is 69.7. The first kappa shape index (κ1) is 36.6. The molecule has 0 spiro atoms. The number of benzene rings is 2. The van der Waals surface area contributed by atoms with Gasteiger partial charge in [0, 0.05) is 87.0 Å². The smallest absolute Gasteiger partial charge is 0.324 e. The van der Waals surface area contributed by atoms with Crippen LogP contribution in [0.25, 0.3) is 22.2 Å². The molecule has 4 fully saturated rings. The van der Waals surface area contributed by atoms with Gasteiger partial charge >= 0.3 is 5.97 Å². The van der Waals surface area contributed by atoms with Crippen LogP contribution in [0.15, 0.2) is 54.9 Å². The zero-order valence-electron chi connectivity index (χ0n) is 29.6. The van der Waals surface area contributed by atoms with Crippen LogP contribution in [0.3, 0.4) is 0 Å². The first-order valence-electron chi connectivity index (χ1n) is 18.4. The molecule has 12 nitrogen and oxygen atoms in total. The summed E-state index contributed by atoms with van der Waals surface area (Å²) in [6.07, 6.45) is 5.36. The molecule has 0 radical (unpaired) electrons. The van der Waals surface area contributed by atoms with E-state index >= 15 is 8.78 Å². The lowest BCUT2D eigenvalue weighted by Crippen LogP contribution is -2.55. The Labute approximate surface area is 312 Å². The van der Waals surface area contributed by atoms with Gasteiger partial charge in [0.05, 0.1) is 23.4 Å². The number of alkyl halides is 1. The van der Waals surface area contributed by atoms with Gasteiger partial charge in [0.2, 0.25) is 5.78 Å². The number of rotatable bonds is 11. The number of carboxylic acid groups (broad SMARTS) is 1. The van der Waals surface area contributed by atoms with Crippen molar-refractivity contribution in [2.24, 2.45) is 5.92 Å². The minimum absolute atomic E-state index is 0.00389. The number of aromatic amines is 1. The third-order valence-corrected chi connectivity index (χ3v) is 12.3. The third kappa shape index (κ3) is 6.89. The van der Waals surface area contributed by atoms with Gasteiger partial charge in [-0.3, -0.25) is 18.7 Å². The molecule has 16 heteroatoms. The standard InChI is InChI=1S/C38H42F3N7O5S/c39-27-9-14-47(23-27)48(54(52)53)32-6-5-31(40)33(34(32)41)35(49)30-21-43-36-29(30)19-26(20-42-36)25-1-3-28(4-2-25)45-12-7-24(8-13-45)22-44-15-17-46(18-16-44)38(10-11-38)37(50)51/h1-6,19-21,24,27H,7-18,22-23H2,(H,42,43)(H,50,51)(H,52,53)/p-1/t27-/m1/s1. The molecule has 286 valence electrons. The number of carbonyl (C=O) groups excluding carboxylic acids is 1. The van der Waals surface area contributed by atoms with Crippen LogP contribution in [0.4, 0.5) is 24.5 Å². The molecule has 54 heavy (non-hydrogen) atoms. The summed E-state index contributed by atoms with van der Waals surface area (Å²) in [6, 6.07) is 11.5. The normalized spacial score (nSPS) is 21.8. The lowest BCUT2D eigenvalue weighted by molar-refractivity contribution is -0.146. The first-order valence-corrected chi connectivity index (χ1v) is 19.4. The lowest BCUT2D eigenvalue weighted by Gasteiger charge is -2.41. The van der Waals surface area contributed by atoms with Crippen LogP contribution in [0.5, 0.6) is 0 Å². The quantitative estimate of drug-likeness (QED) is 0.163. The summed E-state index contributed by atoms with van der Waals surface area (Å²) in [7, 11) is 0. The Balaban J connectivity index is 0.929. The van der Waals surface area contributed by atoms with Crippen LogP contribution in [-0.4, -0.2) is 121 Å². The number of H-pyrrole nitrogens is 1. The van der Waals surface area contributed by atoms with Crippen molar-refractivity contribution in [1.29, 1.82) is 0 Å². The highest BCUT2D eigenvalue weighted by Gasteiger charge is 2.55. The molecule has 3 aliphatic heterocycles. The fourth-order valence-corrected chi connectivity index (χ4v) is 8.96.